The molecule has 2 amide bonds. The lowest BCUT2D eigenvalue weighted by molar-refractivity contribution is -0.383. The van der Waals surface area contributed by atoms with Crippen LogP contribution in [0.5, 0.6) is 0 Å². The Morgan fingerprint density at radius 3 is 2.64 bits per heavy atom. The number of aryl methyl sites for hydroxylation is 1. The van der Waals surface area contributed by atoms with E-state index >= 15 is 0 Å². The van der Waals surface area contributed by atoms with E-state index in [9.17, 15) is 19.7 Å². The Kier molecular flexibility index (Phi) is 3.71. The van der Waals surface area contributed by atoms with Gasteiger partial charge in [-0.2, -0.15) is 0 Å². The summed E-state index contributed by atoms with van der Waals surface area (Å²) in [5.41, 5.74) is 0.491. The summed E-state index contributed by atoms with van der Waals surface area (Å²) in [6.45, 7) is 5.12. The number of nitro groups is 1. The Hall–Kier alpha value is -3.36. The SMILES string of the molecule is Cc1cc(C(=O)Nc2cc3c(cc2[N+](=O)[O-])NC(=O)C3(C)C)ncn1. The van der Waals surface area contributed by atoms with E-state index in [1.165, 1.54) is 24.5 Å². The van der Waals surface area contributed by atoms with Crippen molar-refractivity contribution in [1.29, 1.82) is 0 Å². The summed E-state index contributed by atoms with van der Waals surface area (Å²) in [4.78, 5) is 42.9. The lowest BCUT2D eigenvalue weighted by Crippen LogP contribution is -2.27. The van der Waals surface area contributed by atoms with Gasteiger partial charge in [0.1, 0.15) is 17.7 Å². The van der Waals surface area contributed by atoms with E-state index in [0.717, 1.165) is 0 Å². The molecule has 0 unspecified atom stereocenters. The molecule has 25 heavy (non-hydrogen) atoms. The van der Waals surface area contributed by atoms with Crippen LogP contribution in [0.4, 0.5) is 17.1 Å². The summed E-state index contributed by atoms with van der Waals surface area (Å²) in [6, 6.07) is 4.18. The van der Waals surface area contributed by atoms with Crippen LogP contribution in [-0.4, -0.2) is 26.7 Å². The van der Waals surface area contributed by atoms with Crippen LogP contribution in [0, 0.1) is 17.0 Å². The lowest BCUT2D eigenvalue weighted by Gasteiger charge is -2.16. The van der Waals surface area contributed by atoms with E-state index in [1.807, 2.05) is 0 Å². The highest BCUT2D eigenvalue weighted by Gasteiger charge is 2.40. The van der Waals surface area contributed by atoms with E-state index in [2.05, 4.69) is 20.6 Å². The number of nitro benzene ring substituents is 1. The summed E-state index contributed by atoms with van der Waals surface area (Å²) in [7, 11) is 0. The molecule has 0 saturated heterocycles. The Morgan fingerprint density at radius 2 is 2.00 bits per heavy atom. The van der Waals surface area contributed by atoms with E-state index in [1.54, 1.807) is 20.8 Å². The van der Waals surface area contributed by atoms with E-state index in [0.29, 0.717) is 16.9 Å². The number of carbonyl (C=O) groups excluding carboxylic acids is 2. The number of benzene rings is 1. The molecule has 1 aromatic carbocycles. The van der Waals surface area contributed by atoms with Crippen LogP contribution in [0.3, 0.4) is 0 Å². The van der Waals surface area contributed by atoms with Crippen molar-refractivity contribution in [2.24, 2.45) is 0 Å². The number of nitrogens with zero attached hydrogens (tertiary/aromatic N) is 3. The zero-order valence-electron chi connectivity index (χ0n) is 13.8. The van der Waals surface area contributed by atoms with Gasteiger partial charge in [0.15, 0.2) is 0 Å². The third kappa shape index (κ3) is 2.80. The summed E-state index contributed by atoms with van der Waals surface area (Å²) in [5, 5.41) is 16.5. The number of hydrogen-bond acceptors (Lipinski definition) is 6. The van der Waals surface area contributed by atoms with Crippen molar-refractivity contribution in [2.45, 2.75) is 26.2 Å². The summed E-state index contributed by atoms with van der Waals surface area (Å²) in [6.07, 6.45) is 1.24. The number of amides is 2. The highest BCUT2D eigenvalue weighted by atomic mass is 16.6. The first-order valence-corrected chi connectivity index (χ1v) is 7.44. The fourth-order valence-corrected chi connectivity index (χ4v) is 2.63. The maximum atomic E-state index is 12.4. The molecule has 2 aromatic rings. The quantitative estimate of drug-likeness (QED) is 0.650. The number of anilines is 2. The van der Waals surface area contributed by atoms with E-state index in [4.69, 9.17) is 0 Å². The van der Waals surface area contributed by atoms with Crippen LogP contribution in [0.1, 0.15) is 35.6 Å². The smallest absolute Gasteiger partial charge is 0.294 e. The molecule has 2 heterocycles. The second-order valence-electron chi connectivity index (χ2n) is 6.25. The summed E-state index contributed by atoms with van der Waals surface area (Å²) in [5.74, 6) is -0.852. The van der Waals surface area contributed by atoms with Gasteiger partial charge in [-0.15, -0.1) is 0 Å². The van der Waals surface area contributed by atoms with Crippen LogP contribution in [-0.2, 0) is 10.2 Å². The monoisotopic (exact) mass is 341 g/mol. The third-order valence-corrected chi connectivity index (χ3v) is 4.11. The molecule has 9 heteroatoms. The zero-order valence-corrected chi connectivity index (χ0v) is 13.8. The predicted molar refractivity (Wildman–Crippen MR) is 89.5 cm³/mol. The van der Waals surface area contributed by atoms with Crippen molar-refractivity contribution in [2.75, 3.05) is 10.6 Å². The maximum Gasteiger partial charge on any atom is 0.294 e. The molecular formula is C16H15N5O4. The molecule has 3 rings (SSSR count). The molecular weight excluding hydrogens is 326 g/mol. The zero-order chi connectivity index (χ0) is 18.4. The largest absolute Gasteiger partial charge is 0.325 e. The van der Waals surface area contributed by atoms with E-state index in [-0.39, 0.29) is 23.0 Å². The maximum absolute atomic E-state index is 12.4. The summed E-state index contributed by atoms with van der Waals surface area (Å²) < 4.78 is 0. The predicted octanol–water partition coefficient (Wildman–Crippen LogP) is 2.18. The Labute approximate surface area is 142 Å². The fourth-order valence-electron chi connectivity index (χ4n) is 2.63. The molecule has 128 valence electrons. The van der Waals surface area contributed by atoms with E-state index < -0.39 is 16.2 Å². The first-order valence-electron chi connectivity index (χ1n) is 7.44. The van der Waals surface area contributed by atoms with Gasteiger partial charge in [0.05, 0.1) is 16.0 Å². The standard InChI is InChI=1S/C16H15N5O4/c1-8-4-12(18-7-17-8)14(22)19-11-5-9-10(6-13(11)21(24)25)20-15(23)16(9,2)3/h4-7H,1-3H3,(H,19,22)(H,20,23). The van der Waals surface area contributed by atoms with Gasteiger partial charge in [0.2, 0.25) is 5.91 Å². The number of aromatic nitrogens is 2. The van der Waals surface area contributed by atoms with Crippen molar-refractivity contribution in [3.63, 3.8) is 0 Å². The second-order valence-corrected chi connectivity index (χ2v) is 6.25. The van der Waals surface area contributed by atoms with Gasteiger partial charge >= 0.3 is 0 Å². The molecule has 0 atom stereocenters. The highest BCUT2D eigenvalue weighted by molar-refractivity contribution is 6.08. The molecule has 9 nitrogen and oxygen atoms in total. The van der Waals surface area contributed by atoms with Gasteiger partial charge in [0.25, 0.3) is 11.6 Å². The highest BCUT2D eigenvalue weighted by Crippen LogP contribution is 2.42. The molecule has 1 aliphatic heterocycles. The van der Waals surface area contributed by atoms with Crippen LogP contribution < -0.4 is 10.6 Å². The van der Waals surface area contributed by atoms with Crippen LogP contribution >= 0.6 is 0 Å². The molecule has 0 saturated carbocycles. The van der Waals surface area contributed by atoms with Crippen LogP contribution in [0.25, 0.3) is 0 Å². The topological polar surface area (TPSA) is 127 Å². The number of rotatable bonds is 3. The Morgan fingerprint density at radius 1 is 1.28 bits per heavy atom. The molecule has 0 fully saturated rings. The van der Waals surface area contributed by atoms with Crippen LogP contribution in [0.15, 0.2) is 24.5 Å². The lowest BCUT2D eigenvalue weighted by atomic mass is 9.86. The van der Waals surface area contributed by atoms with Gasteiger partial charge in [-0.1, -0.05) is 0 Å². The van der Waals surface area contributed by atoms with Gasteiger partial charge in [-0.25, -0.2) is 9.97 Å². The normalized spacial score (nSPS) is 14.6. The average molecular weight is 341 g/mol. The molecule has 1 aromatic heterocycles. The minimum absolute atomic E-state index is 0.00888. The molecule has 2 N–H and O–H groups in total. The van der Waals surface area contributed by atoms with Crippen molar-refractivity contribution in [3.8, 4) is 0 Å². The third-order valence-electron chi connectivity index (χ3n) is 4.11. The molecule has 0 aliphatic carbocycles. The number of hydrogen-bond donors (Lipinski definition) is 2. The average Bonchev–Trinajstić information content (AvgIpc) is 2.76. The first-order chi connectivity index (χ1) is 11.7. The summed E-state index contributed by atoms with van der Waals surface area (Å²) >= 11 is 0. The van der Waals surface area contributed by atoms with Crippen molar-refractivity contribution < 1.29 is 14.5 Å². The number of nitrogens with one attached hydrogen (secondary N) is 2. The number of carbonyl (C=O) groups is 2. The molecule has 0 bridgehead atoms. The van der Waals surface area contributed by atoms with Gasteiger partial charge < -0.3 is 10.6 Å². The van der Waals surface area contributed by atoms with Crippen molar-refractivity contribution in [1.82, 2.24) is 9.97 Å². The number of fused-ring (bicyclic) bond motifs is 1. The minimum Gasteiger partial charge on any atom is -0.325 e. The fraction of sp³-hybridized carbons (Fsp3) is 0.250. The first kappa shape index (κ1) is 16.5. The minimum atomic E-state index is -0.852. The van der Waals surface area contributed by atoms with Crippen LogP contribution in [0.2, 0.25) is 0 Å². The Bertz CT molecular complexity index is 923. The second kappa shape index (κ2) is 5.62. The molecule has 1 aliphatic rings. The van der Waals surface area contributed by atoms with Crippen molar-refractivity contribution in [3.05, 3.63) is 51.6 Å². The Balaban J connectivity index is 2.04. The molecule has 0 radical (unpaired) electrons. The van der Waals surface area contributed by atoms with Gasteiger partial charge in [-0.05, 0) is 38.5 Å². The molecule has 0 spiro atoms. The van der Waals surface area contributed by atoms with Crippen molar-refractivity contribution >= 4 is 28.9 Å². The van der Waals surface area contributed by atoms with Gasteiger partial charge in [0, 0.05) is 11.8 Å². The van der Waals surface area contributed by atoms with Gasteiger partial charge in [-0.3, -0.25) is 19.7 Å².